The van der Waals surface area contributed by atoms with Crippen molar-refractivity contribution in [3.8, 4) is 11.4 Å². The fraction of sp³-hybridized carbons (Fsp3) is 0.500. The van der Waals surface area contributed by atoms with E-state index in [1.54, 1.807) is 13.3 Å². The number of halogens is 2. The van der Waals surface area contributed by atoms with Crippen LogP contribution in [0, 0.1) is 18.7 Å². The number of likely N-dealkylation sites (tertiary alicyclic amines) is 2. The Hall–Kier alpha value is -3.83. The first-order valence-corrected chi connectivity index (χ1v) is 16.0. The first-order chi connectivity index (χ1) is 21.7. The maximum absolute atomic E-state index is 15.7. The smallest absolute Gasteiger partial charge is 0.255 e. The van der Waals surface area contributed by atoms with Crippen LogP contribution in [0.15, 0.2) is 36.5 Å². The number of hydrogen-bond donors (Lipinski definition) is 1. The molecule has 9 nitrogen and oxygen atoms in total. The third-order valence-electron chi connectivity index (χ3n) is 9.77. The molecule has 3 aromatic heterocycles. The Balaban J connectivity index is 1.26. The standard InChI is InChI=1S/C34H40F2N6O3/c1-20-31(38-42-16-24(12-28(36)32(20)42)34(44)40-17-25(35)14-26(37)18-40)29-13-23-4-3-5-27(33(23)41(29)15-21-6-7-21)22-8-10-39(11-9-22)30(43)19-45-2/h3-5,12-13,16,21-22,25-26H,6-11,14-15,17-19,37H2,1-2H3/t25-,26-/m1/s1. The van der Waals surface area contributed by atoms with E-state index in [1.807, 2.05) is 11.8 Å². The van der Waals surface area contributed by atoms with Gasteiger partial charge in [0, 0.05) is 56.5 Å². The Kier molecular flexibility index (Phi) is 7.85. The van der Waals surface area contributed by atoms with Crippen molar-refractivity contribution in [1.82, 2.24) is 24.0 Å². The molecule has 2 aliphatic heterocycles. The summed E-state index contributed by atoms with van der Waals surface area (Å²) >= 11 is 0. The summed E-state index contributed by atoms with van der Waals surface area (Å²) in [5, 5.41) is 5.97. The van der Waals surface area contributed by atoms with Crippen molar-refractivity contribution in [1.29, 1.82) is 0 Å². The third-order valence-corrected chi connectivity index (χ3v) is 9.77. The number of rotatable bonds is 7. The highest BCUT2D eigenvalue weighted by atomic mass is 19.1. The van der Waals surface area contributed by atoms with Crippen molar-refractivity contribution in [2.24, 2.45) is 11.7 Å². The fourth-order valence-corrected chi connectivity index (χ4v) is 7.34. The van der Waals surface area contributed by atoms with Gasteiger partial charge in [-0.25, -0.2) is 13.3 Å². The maximum Gasteiger partial charge on any atom is 0.255 e. The van der Waals surface area contributed by atoms with Gasteiger partial charge in [-0.3, -0.25) is 9.59 Å². The zero-order valence-corrected chi connectivity index (χ0v) is 25.8. The van der Waals surface area contributed by atoms with E-state index in [2.05, 4.69) is 28.8 Å². The third kappa shape index (κ3) is 5.61. The Morgan fingerprint density at radius 1 is 1.07 bits per heavy atom. The number of hydrogen-bond acceptors (Lipinski definition) is 5. The highest BCUT2D eigenvalue weighted by molar-refractivity contribution is 5.95. The van der Waals surface area contributed by atoms with Crippen LogP contribution in [-0.4, -0.2) is 87.9 Å². The van der Waals surface area contributed by atoms with Crippen LogP contribution < -0.4 is 5.73 Å². The summed E-state index contributed by atoms with van der Waals surface area (Å²) in [6.45, 7) is 4.39. The van der Waals surface area contributed by atoms with Gasteiger partial charge in [-0.1, -0.05) is 18.2 Å². The summed E-state index contributed by atoms with van der Waals surface area (Å²) < 4.78 is 38.8. The van der Waals surface area contributed by atoms with E-state index >= 15 is 4.39 Å². The average molecular weight is 619 g/mol. The minimum Gasteiger partial charge on any atom is -0.375 e. The summed E-state index contributed by atoms with van der Waals surface area (Å²) in [7, 11) is 1.54. The molecule has 0 spiro atoms. The van der Waals surface area contributed by atoms with Gasteiger partial charge in [0.2, 0.25) is 5.91 Å². The van der Waals surface area contributed by atoms with Crippen molar-refractivity contribution in [3.63, 3.8) is 0 Å². The molecule has 45 heavy (non-hydrogen) atoms. The number of benzene rings is 1. The summed E-state index contributed by atoms with van der Waals surface area (Å²) in [5.74, 6) is -0.0872. The zero-order valence-electron chi connectivity index (χ0n) is 25.8. The number of amides is 2. The zero-order chi connectivity index (χ0) is 31.4. The molecule has 2 N–H and O–H groups in total. The minimum atomic E-state index is -1.20. The van der Waals surface area contributed by atoms with Crippen LogP contribution in [0.25, 0.3) is 27.8 Å². The van der Waals surface area contributed by atoms with E-state index in [-0.39, 0.29) is 37.6 Å². The molecular formula is C34H40F2N6O3. The van der Waals surface area contributed by atoms with Crippen molar-refractivity contribution < 1.29 is 23.1 Å². The first kappa shape index (κ1) is 29.9. The van der Waals surface area contributed by atoms with Crippen LogP contribution in [0.5, 0.6) is 0 Å². The van der Waals surface area contributed by atoms with Crippen LogP contribution in [0.3, 0.4) is 0 Å². The number of nitrogens with zero attached hydrogens (tertiary/aromatic N) is 5. The van der Waals surface area contributed by atoms with Gasteiger partial charge >= 0.3 is 0 Å². The molecule has 0 unspecified atom stereocenters. The second-order valence-corrected chi connectivity index (χ2v) is 13.1. The molecule has 238 valence electrons. The van der Waals surface area contributed by atoms with E-state index in [4.69, 9.17) is 15.6 Å². The molecule has 1 aromatic carbocycles. The second kappa shape index (κ2) is 11.8. The molecule has 3 fully saturated rings. The van der Waals surface area contributed by atoms with Gasteiger partial charge in [-0.05, 0) is 68.6 Å². The van der Waals surface area contributed by atoms with Crippen LogP contribution in [0.1, 0.15) is 59.5 Å². The molecule has 1 aliphatic carbocycles. The van der Waals surface area contributed by atoms with E-state index in [9.17, 15) is 14.0 Å². The number of ether oxygens (including phenoxy) is 1. The van der Waals surface area contributed by atoms with Crippen LogP contribution >= 0.6 is 0 Å². The first-order valence-electron chi connectivity index (χ1n) is 16.0. The molecule has 3 aliphatic rings. The number of methoxy groups -OCH3 is 1. The van der Waals surface area contributed by atoms with Crippen LogP contribution in [0.4, 0.5) is 8.78 Å². The number of carbonyl (C=O) groups excluding carboxylic acids is 2. The number of pyridine rings is 1. The highest BCUT2D eigenvalue weighted by Crippen LogP contribution is 2.41. The van der Waals surface area contributed by atoms with E-state index < -0.39 is 23.9 Å². The summed E-state index contributed by atoms with van der Waals surface area (Å²) in [6.07, 6.45) is 4.65. The van der Waals surface area contributed by atoms with E-state index in [0.717, 1.165) is 30.5 Å². The molecule has 2 saturated heterocycles. The van der Waals surface area contributed by atoms with Gasteiger partial charge in [-0.15, -0.1) is 0 Å². The lowest BCUT2D eigenvalue weighted by molar-refractivity contribution is -0.136. The average Bonchev–Trinajstić information content (AvgIpc) is 3.68. The Morgan fingerprint density at radius 3 is 2.56 bits per heavy atom. The Morgan fingerprint density at radius 2 is 1.84 bits per heavy atom. The molecule has 4 aromatic rings. The molecular weight excluding hydrogens is 578 g/mol. The molecule has 2 amide bonds. The monoisotopic (exact) mass is 618 g/mol. The molecule has 11 heteroatoms. The van der Waals surface area contributed by atoms with Gasteiger partial charge in [-0.2, -0.15) is 5.10 Å². The number of aryl methyl sites for hydroxylation is 1. The van der Waals surface area contributed by atoms with Gasteiger partial charge in [0.1, 0.15) is 29.8 Å². The van der Waals surface area contributed by atoms with Crippen molar-refractivity contribution in [2.45, 2.75) is 63.7 Å². The van der Waals surface area contributed by atoms with Gasteiger partial charge in [0.15, 0.2) is 0 Å². The molecule has 7 rings (SSSR count). The number of piperidine rings is 2. The quantitative estimate of drug-likeness (QED) is 0.325. The lowest BCUT2D eigenvalue weighted by Crippen LogP contribution is -2.50. The van der Waals surface area contributed by atoms with Gasteiger partial charge < -0.3 is 24.8 Å². The van der Waals surface area contributed by atoms with Crippen LogP contribution in [-0.2, 0) is 16.1 Å². The predicted octanol–water partition coefficient (Wildman–Crippen LogP) is 4.68. The topological polar surface area (TPSA) is 98.1 Å². The number of alkyl halides is 1. The summed E-state index contributed by atoms with van der Waals surface area (Å²) in [5.41, 5.74) is 11.1. The lowest BCUT2D eigenvalue weighted by Gasteiger charge is -2.32. The lowest BCUT2D eigenvalue weighted by atomic mass is 9.88. The Labute approximate surface area is 260 Å². The Bertz CT molecular complexity index is 1760. The predicted molar refractivity (Wildman–Crippen MR) is 167 cm³/mol. The van der Waals surface area contributed by atoms with Gasteiger partial charge in [0.05, 0.1) is 23.3 Å². The number of fused-ring (bicyclic) bond motifs is 2. The second-order valence-electron chi connectivity index (χ2n) is 13.1. The molecule has 0 bridgehead atoms. The number of aromatic nitrogens is 3. The highest BCUT2D eigenvalue weighted by Gasteiger charge is 2.32. The largest absolute Gasteiger partial charge is 0.375 e. The summed E-state index contributed by atoms with van der Waals surface area (Å²) in [4.78, 5) is 29.0. The number of nitrogens with two attached hydrogens (primary N) is 1. The SMILES string of the molecule is COCC(=O)N1CCC(c2cccc3cc(-c4nn5cc(C(=O)N6C[C@H](N)C[C@@H](F)C6)cc(F)c5c4C)n(CC4CC4)c23)CC1. The molecule has 1 saturated carbocycles. The normalized spacial score (nSPS) is 21.3. The van der Waals surface area contributed by atoms with Crippen molar-refractivity contribution >= 4 is 28.2 Å². The molecule has 0 radical (unpaired) electrons. The molecule has 5 heterocycles. The maximum atomic E-state index is 15.7. The minimum absolute atomic E-state index is 0.0269. The number of para-hydroxylation sites is 1. The van der Waals surface area contributed by atoms with Crippen molar-refractivity contribution in [2.75, 3.05) is 39.9 Å². The fourth-order valence-electron chi connectivity index (χ4n) is 7.34. The van der Waals surface area contributed by atoms with Crippen molar-refractivity contribution in [3.05, 3.63) is 59.0 Å². The van der Waals surface area contributed by atoms with Crippen LogP contribution in [0.2, 0.25) is 0 Å². The van der Waals surface area contributed by atoms with E-state index in [1.165, 1.54) is 39.4 Å². The number of carbonyl (C=O) groups is 2. The van der Waals surface area contributed by atoms with Gasteiger partial charge in [0.25, 0.3) is 5.91 Å². The summed E-state index contributed by atoms with van der Waals surface area (Å²) in [6, 6.07) is 9.34. The molecule has 2 atom stereocenters. The van der Waals surface area contributed by atoms with E-state index in [0.29, 0.717) is 41.7 Å².